The topological polar surface area (TPSA) is 20.3 Å². The van der Waals surface area contributed by atoms with Gasteiger partial charge in [-0.2, -0.15) is 0 Å². The average molecular weight is 253 g/mol. The summed E-state index contributed by atoms with van der Waals surface area (Å²) in [5, 5.41) is -0.0418. The van der Waals surface area contributed by atoms with E-state index >= 15 is 0 Å². The molecule has 1 aromatic carbocycles. The van der Waals surface area contributed by atoms with E-state index in [-0.39, 0.29) is 11.2 Å². The van der Waals surface area contributed by atoms with Crippen molar-refractivity contribution in [1.29, 1.82) is 0 Å². The van der Waals surface area contributed by atoms with Crippen molar-refractivity contribution in [1.82, 2.24) is 4.90 Å². The summed E-state index contributed by atoms with van der Waals surface area (Å²) in [6.07, 6.45) is 2.00. The molecule has 0 aliphatic carbocycles. The molecule has 1 aliphatic heterocycles. The number of thioether (sulfide) groups is 2. The van der Waals surface area contributed by atoms with Gasteiger partial charge in [0.1, 0.15) is 5.25 Å². The maximum Gasteiger partial charge on any atom is 0.240 e. The minimum atomic E-state index is -0.0418. The van der Waals surface area contributed by atoms with Crippen molar-refractivity contribution in [2.45, 2.75) is 5.25 Å². The standard InChI is InChI=1S/C12H15NOS2/c1-15-11(10-5-3-2-4-6-10)12(14)13-7-8-16-9-13/h2-6,11H,7-9H2,1H3. The largest absolute Gasteiger partial charge is 0.331 e. The Bertz CT molecular complexity index is 349. The second-order valence-corrected chi connectivity index (χ2v) is 5.68. The van der Waals surface area contributed by atoms with E-state index in [4.69, 9.17) is 0 Å². The van der Waals surface area contributed by atoms with Crippen LogP contribution in [0.3, 0.4) is 0 Å². The molecule has 2 nitrogen and oxygen atoms in total. The first kappa shape index (κ1) is 11.9. The number of hydrogen-bond acceptors (Lipinski definition) is 3. The monoisotopic (exact) mass is 253 g/mol. The summed E-state index contributed by atoms with van der Waals surface area (Å²) in [6, 6.07) is 10.0. The van der Waals surface area contributed by atoms with Crippen LogP contribution in [0.4, 0.5) is 0 Å². The second kappa shape index (κ2) is 5.64. The third-order valence-electron chi connectivity index (χ3n) is 2.63. The van der Waals surface area contributed by atoms with Gasteiger partial charge in [-0.25, -0.2) is 0 Å². The highest BCUT2D eigenvalue weighted by atomic mass is 32.2. The lowest BCUT2D eigenvalue weighted by atomic mass is 10.1. The van der Waals surface area contributed by atoms with Crippen molar-refractivity contribution in [3.8, 4) is 0 Å². The fourth-order valence-corrected chi connectivity index (χ4v) is 3.50. The molecule has 1 unspecified atom stereocenters. The van der Waals surface area contributed by atoms with Crippen LogP contribution in [0, 0.1) is 0 Å². The zero-order valence-corrected chi connectivity index (χ0v) is 10.9. The molecule has 1 atom stereocenters. The molecule has 0 aromatic heterocycles. The van der Waals surface area contributed by atoms with E-state index < -0.39 is 0 Å². The fourth-order valence-electron chi connectivity index (χ4n) is 1.76. The molecule has 4 heteroatoms. The first-order valence-corrected chi connectivity index (χ1v) is 7.71. The Morgan fingerprint density at radius 2 is 2.19 bits per heavy atom. The van der Waals surface area contributed by atoms with Gasteiger partial charge in [-0.05, 0) is 11.8 Å². The average Bonchev–Trinajstić information content (AvgIpc) is 2.85. The molecule has 1 fully saturated rings. The summed E-state index contributed by atoms with van der Waals surface area (Å²) in [6.45, 7) is 0.896. The van der Waals surface area contributed by atoms with Crippen LogP contribution in [-0.2, 0) is 4.79 Å². The molecule has 1 aromatic rings. The van der Waals surface area contributed by atoms with Crippen LogP contribution in [0.25, 0.3) is 0 Å². The molecule has 0 radical (unpaired) electrons. The molecule has 0 spiro atoms. The van der Waals surface area contributed by atoms with E-state index in [0.29, 0.717) is 0 Å². The third-order valence-corrected chi connectivity index (χ3v) is 4.54. The van der Waals surface area contributed by atoms with Crippen LogP contribution in [-0.4, -0.2) is 35.2 Å². The van der Waals surface area contributed by atoms with Crippen molar-refractivity contribution < 1.29 is 4.79 Å². The summed E-state index contributed by atoms with van der Waals surface area (Å²) < 4.78 is 0. The Balaban J connectivity index is 2.13. The van der Waals surface area contributed by atoms with Gasteiger partial charge in [0.05, 0.1) is 5.88 Å². The van der Waals surface area contributed by atoms with Gasteiger partial charge in [-0.1, -0.05) is 30.3 Å². The molecule has 0 N–H and O–H groups in total. The predicted molar refractivity (Wildman–Crippen MR) is 71.7 cm³/mol. The number of carbonyl (C=O) groups is 1. The fraction of sp³-hybridized carbons (Fsp3) is 0.417. The maximum atomic E-state index is 12.3. The van der Waals surface area contributed by atoms with Gasteiger partial charge in [0.2, 0.25) is 5.91 Å². The molecule has 1 aliphatic rings. The van der Waals surface area contributed by atoms with Crippen LogP contribution >= 0.6 is 23.5 Å². The van der Waals surface area contributed by atoms with Crippen molar-refractivity contribution in [3.63, 3.8) is 0 Å². The number of nitrogens with zero attached hydrogens (tertiary/aromatic N) is 1. The van der Waals surface area contributed by atoms with Crippen LogP contribution in [0.5, 0.6) is 0 Å². The smallest absolute Gasteiger partial charge is 0.240 e. The SMILES string of the molecule is CSC(C(=O)N1CCSC1)c1ccccc1. The van der Waals surface area contributed by atoms with E-state index in [2.05, 4.69) is 0 Å². The van der Waals surface area contributed by atoms with Crippen LogP contribution in [0.2, 0.25) is 0 Å². The van der Waals surface area contributed by atoms with Crippen LogP contribution in [0.1, 0.15) is 10.8 Å². The molecule has 86 valence electrons. The zero-order valence-electron chi connectivity index (χ0n) is 9.26. The number of benzene rings is 1. The Kier molecular flexibility index (Phi) is 4.18. The molecular formula is C12H15NOS2. The Morgan fingerprint density at radius 1 is 1.44 bits per heavy atom. The molecule has 16 heavy (non-hydrogen) atoms. The molecule has 0 bridgehead atoms. The van der Waals surface area contributed by atoms with Gasteiger partial charge in [0.15, 0.2) is 0 Å². The lowest BCUT2D eigenvalue weighted by Crippen LogP contribution is -2.31. The summed E-state index contributed by atoms with van der Waals surface area (Å²) in [5.41, 5.74) is 1.11. The van der Waals surface area contributed by atoms with Crippen molar-refractivity contribution >= 4 is 29.4 Å². The molecule has 1 saturated heterocycles. The Morgan fingerprint density at radius 3 is 2.75 bits per heavy atom. The lowest BCUT2D eigenvalue weighted by molar-refractivity contribution is -0.129. The van der Waals surface area contributed by atoms with Gasteiger partial charge in [-0.3, -0.25) is 4.79 Å². The first-order valence-electron chi connectivity index (χ1n) is 5.27. The van der Waals surface area contributed by atoms with Gasteiger partial charge < -0.3 is 4.90 Å². The highest BCUT2D eigenvalue weighted by molar-refractivity contribution is 8.00. The van der Waals surface area contributed by atoms with Gasteiger partial charge in [0.25, 0.3) is 0 Å². The molecule has 0 saturated carbocycles. The highest BCUT2D eigenvalue weighted by Crippen LogP contribution is 2.30. The van der Waals surface area contributed by atoms with E-state index in [1.165, 1.54) is 0 Å². The van der Waals surface area contributed by atoms with Crippen molar-refractivity contribution in [2.24, 2.45) is 0 Å². The molecular weight excluding hydrogens is 238 g/mol. The summed E-state index contributed by atoms with van der Waals surface area (Å²) in [7, 11) is 0. The number of carbonyl (C=O) groups excluding carboxylic acids is 1. The normalized spacial score (nSPS) is 17.4. The van der Waals surface area contributed by atoms with Gasteiger partial charge in [0, 0.05) is 12.3 Å². The summed E-state index contributed by atoms with van der Waals surface area (Å²) in [5.74, 6) is 2.17. The minimum Gasteiger partial charge on any atom is -0.331 e. The minimum absolute atomic E-state index is 0.0418. The molecule has 1 amide bonds. The molecule has 2 rings (SSSR count). The summed E-state index contributed by atoms with van der Waals surface area (Å²) >= 11 is 3.45. The van der Waals surface area contributed by atoms with E-state index in [0.717, 1.165) is 23.7 Å². The highest BCUT2D eigenvalue weighted by Gasteiger charge is 2.26. The van der Waals surface area contributed by atoms with Crippen LogP contribution < -0.4 is 0 Å². The lowest BCUT2D eigenvalue weighted by Gasteiger charge is -2.21. The van der Waals surface area contributed by atoms with E-state index in [9.17, 15) is 4.79 Å². The predicted octanol–water partition coefficient (Wildman–Crippen LogP) is 2.62. The zero-order chi connectivity index (χ0) is 11.4. The van der Waals surface area contributed by atoms with Crippen LogP contribution in [0.15, 0.2) is 30.3 Å². The van der Waals surface area contributed by atoms with Gasteiger partial charge >= 0.3 is 0 Å². The summed E-state index contributed by atoms with van der Waals surface area (Å²) in [4.78, 5) is 14.2. The Hall–Kier alpha value is -0.610. The molecule has 1 heterocycles. The van der Waals surface area contributed by atoms with E-state index in [1.54, 1.807) is 11.8 Å². The number of amides is 1. The second-order valence-electron chi connectivity index (χ2n) is 3.67. The quantitative estimate of drug-likeness (QED) is 0.826. The van der Waals surface area contributed by atoms with Crippen molar-refractivity contribution in [3.05, 3.63) is 35.9 Å². The maximum absolute atomic E-state index is 12.3. The van der Waals surface area contributed by atoms with Gasteiger partial charge in [-0.15, -0.1) is 23.5 Å². The number of rotatable bonds is 3. The van der Waals surface area contributed by atoms with E-state index in [1.807, 2.05) is 53.2 Å². The Labute approximate surface area is 105 Å². The van der Waals surface area contributed by atoms with Crippen molar-refractivity contribution in [2.75, 3.05) is 24.4 Å². The first-order chi connectivity index (χ1) is 7.83. The third kappa shape index (κ3) is 2.55. The number of hydrogen-bond donors (Lipinski definition) is 0.